The summed E-state index contributed by atoms with van der Waals surface area (Å²) in [5.74, 6) is 0.457. The summed E-state index contributed by atoms with van der Waals surface area (Å²) in [6.45, 7) is 11.4. The highest BCUT2D eigenvalue weighted by Crippen LogP contribution is 2.15. The molecule has 5 heteroatoms. The van der Waals surface area contributed by atoms with E-state index in [1.807, 2.05) is 0 Å². The smallest absolute Gasteiger partial charge is 0.223 e. The van der Waals surface area contributed by atoms with E-state index in [9.17, 15) is 4.79 Å². The molecule has 114 valence electrons. The van der Waals surface area contributed by atoms with Gasteiger partial charge < -0.3 is 15.5 Å². The van der Waals surface area contributed by atoms with Crippen LogP contribution in [-0.2, 0) is 4.79 Å². The maximum Gasteiger partial charge on any atom is 0.223 e. The molecule has 0 radical (unpaired) electrons. The van der Waals surface area contributed by atoms with Gasteiger partial charge in [0.1, 0.15) is 0 Å². The van der Waals surface area contributed by atoms with Gasteiger partial charge in [-0.05, 0) is 45.8 Å². The molecule has 0 aromatic carbocycles. The molecule has 4 nitrogen and oxygen atoms in total. The molecule has 1 fully saturated rings. The number of carbonyl (C=O) groups excluding carboxylic acids is 1. The van der Waals surface area contributed by atoms with Crippen LogP contribution in [0.15, 0.2) is 0 Å². The molecule has 1 aliphatic heterocycles. The first-order chi connectivity index (χ1) is 8.67. The Kier molecular flexibility index (Phi) is 10.3. The van der Waals surface area contributed by atoms with E-state index in [0.717, 1.165) is 45.6 Å². The minimum atomic E-state index is 0. The first kappa shape index (κ1) is 18.7. The predicted octanol–water partition coefficient (Wildman–Crippen LogP) is 1.64. The number of carbonyl (C=O) groups is 1. The second-order valence-corrected chi connectivity index (χ2v) is 5.30. The van der Waals surface area contributed by atoms with Crippen molar-refractivity contribution in [2.24, 2.45) is 5.92 Å². The summed E-state index contributed by atoms with van der Waals surface area (Å²) >= 11 is 0. The zero-order valence-electron chi connectivity index (χ0n) is 12.6. The van der Waals surface area contributed by atoms with Gasteiger partial charge in [-0.25, -0.2) is 0 Å². The molecule has 0 bridgehead atoms. The van der Waals surface area contributed by atoms with Crippen LogP contribution in [0.5, 0.6) is 0 Å². The third-order valence-electron chi connectivity index (χ3n) is 3.71. The van der Waals surface area contributed by atoms with Gasteiger partial charge in [0.25, 0.3) is 0 Å². The highest BCUT2D eigenvalue weighted by Gasteiger charge is 2.24. The molecule has 1 amide bonds. The molecule has 2 N–H and O–H groups in total. The van der Waals surface area contributed by atoms with Gasteiger partial charge in [-0.15, -0.1) is 12.4 Å². The first-order valence-corrected chi connectivity index (χ1v) is 7.40. The zero-order chi connectivity index (χ0) is 13.4. The number of piperidine rings is 1. The van der Waals surface area contributed by atoms with Gasteiger partial charge in [-0.2, -0.15) is 0 Å². The summed E-state index contributed by atoms with van der Waals surface area (Å²) in [6.07, 6.45) is 3.12. The van der Waals surface area contributed by atoms with Crippen molar-refractivity contribution in [2.45, 2.75) is 46.1 Å². The van der Waals surface area contributed by atoms with Gasteiger partial charge in [0.15, 0.2) is 0 Å². The Morgan fingerprint density at radius 3 is 2.68 bits per heavy atom. The number of halogens is 1. The average Bonchev–Trinajstić information content (AvgIpc) is 2.37. The molecule has 0 aliphatic carbocycles. The fourth-order valence-electron chi connectivity index (χ4n) is 2.60. The lowest BCUT2D eigenvalue weighted by molar-refractivity contribution is -0.126. The third-order valence-corrected chi connectivity index (χ3v) is 3.71. The van der Waals surface area contributed by atoms with Crippen LogP contribution >= 0.6 is 12.4 Å². The van der Waals surface area contributed by atoms with Gasteiger partial charge >= 0.3 is 0 Å². The molecule has 1 saturated heterocycles. The maximum atomic E-state index is 12.0. The number of nitrogens with zero attached hydrogens (tertiary/aromatic N) is 1. The zero-order valence-corrected chi connectivity index (χ0v) is 13.4. The molecule has 1 heterocycles. The minimum absolute atomic E-state index is 0. The first-order valence-electron chi connectivity index (χ1n) is 7.40. The second kappa shape index (κ2) is 10.5. The van der Waals surface area contributed by atoms with E-state index in [1.54, 1.807) is 0 Å². The Balaban J connectivity index is 0.00000324. The summed E-state index contributed by atoms with van der Waals surface area (Å²) in [5.41, 5.74) is 0. The predicted molar refractivity (Wildman–Crippen MR) is 82.9 cm³/mol. The molecule has 1 aliphatic rings. The summed E-state index contributed by atoms with van der Waals surface area (Å²) in [4.78, 5) is 14.4. The molecule has 0 unspecified atom stereocenters. The Labute approximate surface area is 124 Å². The Morgan fingerprint density at radius 2 is 2.11 bits per heavy atom. The summed E-state index contributed by atoms with van der Waals surface area (Å²) in [6, 6.07) is 0.474. The van der Waals surface area contributed by atoms with Crippen molar-refractivity contribution in [3.8, 4) is 0 Å². The van der Waals surface area contributed by atoms with Gasteiger partial charge in [-0.1, -0.05) is 13.8 Å². The lowest BCUT2D eigenvalue weighted by Gasteiger charge is -2.27. The summed E-state index contributed by atoms with van der Waals surface area (Å²) in [5, 5.41) is 6.47. The summed E-state index contributed by atoms with van der Waals surface area (Å²) in [7, 11) is 0. The van der Waals surface area contributed by atoms with E-state index in [4.69, 9.17) is 0 Å². The topological polar surface area (TPSA) is 44.4 Å². The molecular weight excluding hydrogens is 262 g/mol. The maximum absolute atomic E-state index is 12.0. The van der Waals surface area contributed by atoms with Crippen LogP contribution in [-0.4, -0.2) is 49.6 Å². The molecule has 2 atom stereocenters. The van der Waals surface area contributed by atoms with Gasteiger partial charge in [0, 0.05) is 25.0 Å². The Hall–Kier alpha value is -0.320. The van der Waals surface area contributed by atoms with Crippen LogP contribution in [0.3, 0.4) is 0 Å². The van der Waals surface area contributed by atoms with Crippen molar-refractivity contribution in [2.75, 3.05) is 32.7 Å². The lowest BCUT2D eigenvalue weighted by Crippen LogP contribution is -2.44. The van der Waals surface area contributed by atoms with Gasteiger partial charge in [0.2, 0.25) is 5.91 Å². The van der Waals surface area contributed by atoms with Crippen molar-refractivity contribution in [1.29, 1.82) is 0 Å². The van der Waals surface area contributed by atoms with Crippen LogP contribution in [0.1, 0.15) is 40.0 Å². The largest absolute Gasteiger partial charge is 0.355 e. The van der Waals surface area contributed by atoms with Crippen molar-refractivity contribution in [1.82, 2.24) is 15.5 Å². The SMILES string of the molecule is CCCN(CC)CCNC(=O)[C@H]1CCN[C@@H](C)C1.Cl. The highest BCUT2D eigenvalue weighted by atomic mass is 35.5. The standard InChI is InChI=1S/C14H29N3O.ClH/c1-4-9-17(5-2)10-8-16-14(18)13-6-7-15-12(3)11-13;/h12-13,15H,4-11H2,1-3H3,(H,16,18);1H/t12-,13-;/m0./s1. The third kappa shape index (κ3) is 7.14. The average molecular weight is 292 g/mol. The second-order valence-electron chi connectivity index (χ2n) is 5.30. The normalized spacial score (nSPS) is 22.9. The van der Waals surface area contributed by atoms with E-state index in [2.05, 4.69) is 36.3 Å². The molecule has 0 aromatic rings. The van der Waals surface area contributed by atoms with Gasteiger partial charge in [-0.3, -0.25) is 4.79 Å². The fourth-order valence-corrected chi connectivity index (χ4v) is 2.60. The van der Waals surface area contributed by atoms with Crippen LogP contribution in [0.4, 0.5) is 0 Å². The number of nitrogens with one attached hydrogen (secondary N) is 2. The molecule has 0 spiro atoms. The van der Waals surface area contributed by atoms with E-state index >= 15 is 0 Å². The Morgan fingerprint density at radius 1 is 1.37 bits per heavy atom. The van der Waals surface area contributed by atoms with Crippen LogP contribution in [0, 0.1) is 5.92 Å². The van der Waals surface area contributed by atoms with E-state index < -0.39 is 0 Å². The van der Waals surface area contributed by atoms with Crippen molar-refractivity contribution in [3.63, 3.8) is 0 Å². The molecule has 19 heavy (non-hydrogen) atoms. The van der Waals surface area contributed by atoms with Crippen LogP contribution in [0.2, 0.25) is 0 Å². The number of hydrogen-bond acceptors (Lipinski definition) is 3. The fraction of sp³-hybridized carbons (Fsp3) is 0.929. The van der Waals surface area contributed by atoms with E-state index in [0.29, 0.717) is 6.04 Å². The molecule has 1 rings (SSSR count). The van der Waals surface area contributed by atoms with E-state index in [-0.39, 0.29) is 24.2 Å². The minimum Gasteiger partial charge on any atom is -0.355 e. The van der Waals surface area contributed by atoms with Crippen molar-refractivity contribution < 1.29 is 4.79 Å². The number of amides is 1. The lowest BCUT2D eigenvalue weighted by atomic mass is 9.92. The molecule has 0 aromatic heterocycles. The highest BCUT2D eigenvalue weighted by molar-refractivity contribution is 5.85. The van der Waals surface area contributed by atoms with Crippen LogP contribution < -0.4 is 10.6 Å². The van der Waals surface area contributed by atoms with Gasteiger partial charge in [0.05, 0.1) is 0 Å². The quantitative estimate of drug-likeness (QED) is 0.750. The van der Waals surface area contributed by atoms with Crippen molar-refractivity contribution >= 4 is 18.3 Å². The number of hydrogen-bond donors (Lipinski definition) is 2. The molecule has 0 saturated carbocycles. The molecular formula is C14H30ClN3O. The van der Waals surface area contributed by atoms with E-state index in [1.165, 1.54) is 6.42 Å². The monoisotopic (exact) mass is 291 g/mol. The van der Waals surface area contributed by atoms with Crippen molar-refractivity contribution in [3.05, 3.63) is 0 Å². The van der Waals surface area contributed by atoms with Crippen LogP contribution in [0.25, 0.3) is 0 Å². The number of rotatable bonds is 7. The number of likely N-dealkylation sites (N-methyl/N-ethyl adjacent to an activating group) is 1. The Bertz CT molecular complexity index is 251. The summed E-state index contributed by atoms with van der Waals surface area (Å²) < 4.78 is 0.